The number of hydrogen-bond acceptors (Lipinski definition) is 2. The molecule has 0 aliphatic carbocycles. The molecular weight excluding hydrogens is 306 g/mol. The second-order valence-corrected chi connectivity index (χ2v) is 7.29. The van der Waals surface area contributed by atoms with Crippen LogP contribution in [0.4, 0.5) is 0 Å². The summed E-state index contributed by atoms with van der Waals surface area (Å²) in [5.74, 6) is 0.141. The number of nitrogens with one attached hydrogen (secondary N) is 3. The highest BCUT2D eigenvalue weighted by Gasteiger charge is 2.24. The molecule has 2 heterocycles. The predicted octanol–water partition coefficient (Wildman–Crippen LogP) is -0.633. The second kappa shape index (κ2) is 7.73. The summed E-state index contributed by atoms with van der Waals surface area (Å²) in [4.78, 5) is 16.7. The van der Waals surface area contributed by atoms with E-state index < -0.39 is 0 Å². The third kappa shape index (κ3) is 4.41. The summed E-state index contributed by atoms with van der Waals surface area (Å²) in [6.45, 7) is 5.02. The van der Waals surface area contributed by atoms with Crippen LogP contribution in [0.15, 0.2) is 47.8 Å². The summed E-state index contributed by atoms with van der Waals surface area (Å²) in [6, 6.07) is 14.3. The Bertz CT molecular complexity index is 606. The van der Waals surface area contributed by atoms with Gasteiger partial charge in [-0.25, -0.2) is 0 Å². The summed E-state index contributed by atoms with van der Waals surface area (Å²) in [7, 11) is 2.22. The minimum Gasteiger partial charge on any atom is -0.339 e. The molecule has 3 rings (SSSR count). The highest BCUT2D eigenvalue weighted by atomic mass is 32.1. The fourth-order valence-electron chi connectivity index (χ4n) is 3.07. The van der Waals surface area contributed by atoms with Crippen molar-refractivity contribution in [2.75, 3.05) is 39.8 Å². The number of hydrogen-bond donors (Lipinski definition) is 3. The first-order chi connectivity index (χ1) is 11.2. The number of likely N-dealkylation sites (N-methyl/N-ethyl adjacent to an activating group) is 1. The molecule has 0 bridgehead atoms. The molecule has 1 aromatic heterocycles. The highest BCUT2D eigenvalue weighted by Crippen LogP contribution is 2.25. The van der Waals surface area contributed by atoms with E-state index in [9.17, 15) is 4.79 Å². The van der Waals surface area contributed by atoms with Crippen molar-refractivity contribution < 1.29 is 14.6 Å². The molecule has 1 aromatic carbocycles. The first-order valence-corrected chi connectivity index (χ1v) is 9.13. The van der Waals surface area contributed by atoms with Gasteiger partial charge in [0.2, 0.25) is 0 Å². The molecular formula is C18H25N3OS+2. The van der Waals surface area contributed by atoms with Gasteiger partial charge in [-0.1, -0.05) is 36.4 Å². The molecule has 3 N–H and O–H groups in total. The average molecular weight is 331 g/mol. The first-order valence-electron chi connectivity index (χ1n) is 8.25. The molecule has 1 aliphatic heterocycles. The second-order valence-electron chi connectivity index (χ2n) is 6.31. The van der Waals surface area contributed by atoms with Crippen LogP contribution in [0.3, 0.4) is 0 Å². The van der Waals surface area contributed by atoms with Crippen molar-refractivity contribution in [3.8, 4) is 0 Å². The van der Waals surface area contributed by atoms with E-state index in [1.54, 1.807) is 16.2 Å². The molecule has 1 atom stereocenters. The van der Waals surface area contributed by atoms with Crippen molar-refractivity contribution in [3.05, 3.63) is 58.3 Å². The summed E-state index contributed by atoms with van der Waals surface area (Å²) >= 11 is 1.69. The van der Waals surface area contributed by atoms with E-state index in [1.807, 2.05) is 24.3 Å². The van der Waals surface area contributed by atoms with Gasteiger partial charge in [-0.3, -0.25) is 4.79 Å². The lowest BCUT2D eigenvalue weighted by Crippen LogP contribution is -3.27. The fourth-order valence-corrected chi connectivity index (χ4v) is 3.87. The predicted molar refractivity (Wildman–Crippen MR) is 92.9 cm³/mol. The van der Waals surface area contributed by atoms with Crippen molar-refractivity contribution >= 4 is 17.2 Å². The van der Waals surface area contributed by atoms with Gasteiger partial charge in [0.1, 0.15) is 26.2 Å². The number of quaternary nitrogens is 2. The summed E-state index contributed by atoms with van der Waals surface area (Å²) in [5.41, 5.74) is 1.14. The van der Waals surface area contributed by atoms with Gasteiger partial charge in [-0.15, -0.1) is 11.3 Å². The lowest BCUT2D eigenvalue weighted by atomic mass is 10.1. The Morgan fingerprint density at radius 3 is 2.52 bits per heavy atom. The van der Waals surface area contributed by atoms with Gasteiger partial charge in [-0.2, -0.15) is 0 Å². The number of piperazine rings is 1. The highest BCUT2D eigenvalue weighted by molar-refractivity contribution is 7.10. The Balaban J connectivity index is 1.65. The Morgan fingerprint density at radius 1 is 1.13 bits per heavy atom. The minimum absolute atomic E-state index is 0.0406. The van der Waals surface area contributed by atoms with Gasteiger partial charge < -0.3 is 15.1 Å². The van der Waals surface area contributed by atoms with E-state index in [4.69, 9.17) is 0 Å². The molecule has 1 fully saturated rings. The van der Waals surface area contributed by atoms with E-state index in [-0.39, 0.29) is 11.9 Å². The number of thiophene rings is 1. The van der Waals surface area contributed by atoms with Gasteiger partial charge in [0.05, 0.1) is 13.1 Å². The largest absolute Gasteiger partial charge is 0.339 e. The van der Waals surface area contributed by atoms with Crippen molar-refractivity contribution in [1.29, 1.82) is 0 Å². The molecule has 0 radical (unpaired) electrons. The van der Waals surface area contributed by atoms with Crippen LogP contribution < -0.4 is 15.1 Å². The first kappa shape index (κ1) is 16.2. The third-order valence-corrected chi connectivity index (χ3v) is 5.42. The fraction of sp³-hybridized carbons (Fsp3) is 0.389. The Labute approximate surface area is 141 Å². The lowest BCUT2D eigenvalue weighted by molar-refractivity contribution is -1.000. The van der Waals surface area contributed by atoms with Gasteiger partial charge in [-0.05, 0) is 17.0 Å². The Morgan fingerprint density at radius 2 is 1.87 bits per heavy atom. The van der Waals surface area contributed by atoms with Crippen LogP contribution in [0.2, 0.25) is 0 Å². The molecule has 1 saturated heterocycles. The number of carbonyl (C=O) groups excluding carboxylic acids is 1. The normalized spacial score (nSPS) is 22.5. The van der Waals surface area contributed by atoms with Crippen molar-refractivity contribution in [2.24, 2.45) is 0 Å². The van der Waals surface area contributed by atoms with Gasteiger partial charge in [0.25, 0.3) is 5.91 Å². The smallest absolute Gasteiger partial charge is 0.275 e. The minimum atomic E-state index is -0.0406. The van der Waals surface area contributed by atoms with E-state index in [2.05, 4.69) is 35.9 Å². The van der Waals surface area contributed by atoms with Crippen LogP contribution in [0.1, 0.15) is 16.5 Å². The molecule has 0 unspecified atom stereocenters. The molecule has 4 nitrogen and oxygen atoms in total. The number of rotatable bonds is 5. The van der Waals surface area contributed by atoms with Crippen LogP contribution >= 0.6 is 11.3 Å². The molecule has 0 spiro atoms. The van der Waals surface area contributed by atoms with Crippen LogP contribution in [-0.4, -0.2) is 45.7 Å². The summed E-state index contributed by atoms with van der Waals surface area (Å²) < 4.78 is 0. The summed E-state index contributed by atoms with van der Waals surface area (Å²) in [6.07, 6.45) is 0. The zero-order chi connectivity index (χ0) is 16.1. The molecule has 1 amide bonds. The van der Waals surface area contributed by atoms with Crippen molar-refractivity contribution in [1.82, 2.24) is 5.32 Å². The van der Waals surface area contributed by atoms with Crippen LogP contribution in [0, 0.1) is 0 Å². The Kier molecular flexibility index (Phi) is 5.43. The summed E-state index contributed by atoms with van der Waals surface area (Å²) in [5, 5.41) is 5.30. The maximum atomic E-state index is 12.5. The van der Waals surface area contributed by atoms with Crippen molar-refractivity contribution in [3.63, 3.8) is 0 Å². The zero-order valence-corrected chi connectivity index (χ0v) is 14.4. The van der Waals surface area contributed by atoms with Crippen LogP contribution in [-0.2, 0) is 4.79 Å². The van der Waals surface area contributed by atoms with Gasteiger partial charge in [0, 0.05) is 4.88 Å². The van der Waals surface area contributed by atoms with E-state index in [1.165, 1.54) is 9.78 Å². The number of benzene rings is 1. The van der Waals surface area contributed by atoms with Crippen molar-refractivity contribution in [2.45, 2.75) is 6.04 Å². The van der Waals surface area contributed by atoms with Crippen LogP contribution in [0.25, 0.3) is 0 Å². The standard InChI is InChI=1S/C18H23N3OS/c1-20-9-11-21(12-10-20)14-17(22)19-18(16-8-5-13-23-16)15-6-3-2-4-7-15/h2-8,13,18H,9-12,14H2,1H3,(H,19,22)/p+2/t18-/m1/s1. The third-order valence-electron chi connectivity index (χ3n) is 4.49. The zero-order valence-electron chi connectivity index (χ0n) is 13.5. The quantitative estimate of drug-likeness (QED) is 0.670. The monoisotopic (exact) mass is 331 g/mol. The van der Waals surface area contributed by atoms with E-state index >= 15 is 0 Å². The maximum Gasteiger partial charge on any atom is 0.275 e. The molecule has 1 aliphatic rings. The molecule has 23 heavy (non-hydrogen) atoms. The van der Waals surface area contributed by atoms with E-state index in [0.717, 1.165) is 31.7 Å². The van der Waals surface area contributed by atoms with E-state index in [0.29, 0.717) is 6.54 Å². The number of carbonyl (C=O) groups is 1. The molecule has 122 valence electrons. The van der Waals surface area contributed by atoms with Gasteiger partial charge in [0.15, 0.2) is 6.54 Å². The molecule has 0 saturated carbocycles. The maximum absolute atomic E-state index is 12.5. The number of amides is 1. The van der Waals surface area contributed by atoms with Crippen LogP contribution in [0.5, 0.6) is 0 Å². The average Bonchev–Trinajstić information content (AvgIpc) is 3.10. The molecule has 5 heteroatoms. The molecule has 2 aromatic rings. The Hall–Kier alpha value is -1.69. The SMILES string of the molecule is C[NH+]1CC[NH+](CC(=O)N[C@H](c2ccccc2)c2cccs2)CC1. The topological polar surface area (TPSA) is 38.0 Å². The lowest BCUT2D eigenvalue weighted by Gasteiger charge is -2.27. The van der Waals surface area contributed by atoms with Gasteiger partial charge >= 0.3 is 0 Å².